The van der Waals surface area contributed by atoms with Gasteiger partial charge in [-0.05, 0) is 30.2 Å². The van der Waals surface area contributed by atoms with E-state index in [2.05, 4.69) is 15.3 Å². The summed E-state index contributed by atoms with van der Waals surface area (Å²) in [6.45, 7) is 2.50. The first-order chi connectivity index (χ1) is 9.74. The monoisotopic (exact) mass is 265 g/mol. The number of aromatic amines is 1. The Bertz CT molecular complexity index is 747. The number of aryl methyl sites for hydroxylation is 1. The highest BCUT2D eigenvalue weighted by atomic mass is 16.1. The van der Waals surface area contributed by atoms with Gasteiger partial charge >= 0.3 is 0 Å². The van der Waals surface area contributed by atoms with Crippen LogP contribution in [0.3, 0.4) is 0 Å². The lowest BCUT2D eigenvalue weighted by molar-refractivity contribution is 0.0946. The number of rotatable bonds is 3. The molecule has 0 unspecified atom stereocenters. The highest BCUT2D eigenvalue weighted by molar-refractivity contribution is 5.98. The van der Waals surface area contributed by atoms with E-state index in [0.29, 0.717) is 12.2 Å². The molecule has 4 nitrogen and oxygen atoms in total. The summed E-state index contributed by atoms with van der Waals surface area (Å²) < 4.78 is 0. The van der Waals surface area contributed by atoms with Crippen LogP contribution >= 0.6 is 0 Å². The van der Waals surface area contributed by atoms with Crippen LogP contribution in [-0.4, -0.2) is 15.9 Å². The molecule has 0 aliphatic heterocycles. The molecule has 2 N–H and O–H groups in total. The molecule has 0 saturated heterocycles. The Morgan fingerprint density at radius 2 is 2.20 bits per heavy atom. The lowest BCUT2D eigenvalue weighted by atomic mass is 10.2. The number of hydrogen-bond donors (Lipinski definition) is 2. The summed E-state index contributed by atoms with van der Waals surface area (Å²) in [5, 5.41) is 3.94. The van der Waals surface area contributed by atoms with Crippen LogP contribution in [0.15, 0.2) is 48.8 Å². The van der Waals surface area contributed by atoms with Gasteiger partial charge in [0.1, 0.15) is 5.69 Å². The fourth-order valence-corrected chi connectivity index (χ4v) is 2.21. The Labute approximate surface area is 116 Å². The van der Waals surface area contributed by atoms with Gasteiger partial charge in [-0.2, -0.15) is 0 Å². The van der Waals surface area contributed by atoms with Gasteiger partial charge in [0.15, 0.2) is 0 Å². The summed E-state index contributed by atoms with van der Waals surface area (Å²) in [6, 6.07) is 11.7. The molecule has 0 aliphatic carbocycles. The van der Waals surface area contributed by atoms with Crippen molar-refractivity contribution in [2.24, 2.45) is 0 Å². The van der Waals surface area contributed by atoms with Crippen molar-refractivity contribution in [2.75, 3.05) is 0 Å². The predicted molar refractivity (Wildman–Crippen MR) is 78.4 cm³/mol. The van der Waals surface area contributed by atoms with E-state index in [1.165, 1.54) is 0 Å². The standard InChI is InChI=1S/C16H15N3O/c1-11-4-2-6-13-8-14(19-15(11)13)16(20)18-10-12-5-3-7-17-9-12/h2-9,19H,10H2,1H3,(H,18,20). The molecular formula is C16H15N3O. The number of aromatic nitrogens is 2. The molecule has 2 heterocycles. The van der Waals surface area contributed by atoms with Crippen molar-refractivity contribution in [3.63, 3.8) is 0 Å². The van der Waals surface area contributed by atoms with Gasteiger partial charge in [-0.25, -0.2) is 0 Å². The van der Waals surface area contributed by atoms with Crippen molar-refractivity contribution in [1.82, 2.24) is 15.3 Å². The van der Waals surface area contributed by atoms with Crippen molar-refractivity contribution < 1.29 is 4.79 Å². The summed E-state index contributed by atoms with van der Waals surface area (Å²) in [5.74, 6) is -0.107. The first-order valence-electron chi connectivity index (χ1n) is 6.49. The maximum absolute atomic E-state index is 12.1. The van der Waals surface area contributed by atoms with E-state index in [-0.39, 0.29) is 5.91 Å². The molecule has 3 rings (SSSR count). The van der Waals surface area contributed by atoms with Gasteiger partial charge in [0, 0.05) is 29.8 Å². The number of H-pyrrole nitrogens is 1. The van der Waals surface area contributed by atoms with Crippen molar-refractivity contribution >= 4 is 16.8 Å². The maximum atomic E-state index is 12.1. The van der Waals surface area contributed by atoms with Crippen molar-refractivity contribution in [2.45, 2.75) is 13.5 Å². The zero-order valence-corrected chi connectivity index (χ0v) is 11.2. The molecule has 0 saturated carbocycles. The van der Waals surface area contributed by atoms with E-state index < -0.39 is 0 Å². The van der Waals surface area contributed by atoms with E-state index in [0.717, 1.165) is 22.0 Å². The Hall–Kier alpha value is -2.62. The van der Waals surface area contributed by atoms with Crippen LogP contribution in [0.2, 0.25) is 0 Å². The van der Waals surface area contributed by atoms with Crippen LogP contribution in [-0.2, 0) is 6.54 Å². The largest absolute Gasteiger partial charge is 0.350 e. The van der Waals surface area contributed by atoms with Crippen molar-refractivity contribution in [3.8, 4) is 0 Å². The Morgan fingerprint density at radius 3 is 2.95 bits per heavy atom. The molecule has 0 spiro atoms. The number of nitrogens with zero attached hydrogens (tertiary/aromatic N) is 1. The minimum absolute atomic E-state index is 0.107. The SMILES string of the molecule is Cc1cccc2cc(C(=O)NCc3cccnc3)[nH]c12. The molecule has 3 aromatic rings. The van der Waals surface area contributed by atoms with Gasteiger partial charge in [0.2, 0.25) is 0 Å². The van der Waals surface area contributed by atoms with Crippen LogP contribution < -0.4 is 5.32 Å². The normalized spacial score (nSPS) is 10.7. The number of para-hydroxylation sites is 1. The second-order valence-corrected chi connectivity index (χ2v) is 4.77. The number of benzene rings is 1. The smallest absolute Gasteiger partial charge is 0.267 e. The highest BCUT2D eigenvalue weighted by Gasteiger charge is 2.10. The summed E-state index contributed by atoms with van der Waals surface area (Å²) in [5.41, 5.74) is 3.71. The van der Waals surface area contributed by atoms with Crippen LogP contribution in [0.25, 0.3) is 10.9 Å². The van der Waals surface area contributed by atoms with Crippen LogP contribution in [0.5, 0.6) is 0 Å². The maximum Gasteiger partial charge on any atom is 0.267 e. The summed E-state index contributed by atoms with van der Waals surface area (Å²) in [6.07, 6.45) is 3.46. The van der Waals surface area contributed by atoms with E-state index in [9.17, 15) is 4.79 Å². The van der Waals surface area contributed by atoms with Gasteiger partial charge in [0.05, 0.1) is 0 Å². The van der Waals surface area contributed by atoms with Gasteiger partial charge in [0.25, 0.3) is 5.91 Å². The third kappa shape index (κ3) is 2.40. The predicted octanol–water partition coefficient (Wildman–Crippen LogP) is 2.80. The van der Waals surface area contributed by atoms with E-state index in [1.807, 2.05) is 43.3 Å². The fourth-order valence-electron chi connectivity index (χ4n) is 2.21. The fraction of sp³-hybridized carbons (Fsp3) is 0.125. The second kappa shape index (κ2) is 5.17. The molecule has 0 aliphatic rings. The summed E-state index contributed by atoms with van der Waals surface area (Å²) in [7, 11) is 0. The number of amides is 1. The zero-order valence-electron chi connectivity index (χ0n) is 11.2. The molecule has 2 aromatic heterocycles. The van der Waals surface area contributed by atoms with Gasteiger partial charge < -0.3 is 10.3 Å². The number of pyridine rings is 1. The summed E-state index contributed by atoms with van der Waals surface area (Å²) in [4.78, 5) is 19.3. The lowest BCUT2D eigenvalue weighted by Crippen LogP contribution is -2.23. The zero-order chi connectivity index (χ0) is 13.9. The molecule has 20 heavy (non-hydrogen) atoms. The topological polar surface area (TPSA) is 57.8 Å². The highest BCUT2D eigenvalue weighted by Crippen LogP contribution is 2.18. The third-order valence-electron chi connectivity index (χ3n) is 3.29. The molecule has 0 atom stereocenters. The average Bonchev–Trinajstić information content (AvgIpc) is 2.91. The Morgan fingerprint density at radius 1 is 1.30 bits per heavy atom. The van der Waals surface area contributed by atoms with Crippen molar-refractivity contribution in [3.05, 3.63) is 65.6 Å². The third-order valence-corrected chi connectivity index (χ3v) is 3.29. The molecule has 0 bridgehead atoms. The second-order valence-electron chi connectivity index (χ2n) is 4.77. The van der Waals surface area contributed by atoms with Crippen LogP contribution in [0, 0.1) is 6.92 Å². The molecular weight excluding hydrogens is 250 g/mol. The number of hydrogen-bond acceptors (Lipinski definition) is 2. The number of nitrogens with one attached hydrogen (secondary N) is 2. The Kier molecular flexibility index (Phi) is 3.21. The van der Waals surface area contributed by atoms with E-state index >= 15 is 0 Å². The minimum atomic E-state index is -0.107. The minimum Gasteiger partial charge on any atom is -0.350 e. The van der Waals surface area contributed by atoms with E-state index in [1.54, 1.807) is 12.4 Å². The number of carbonyl (C=O) groups is 1. The van der Waals surface area contributed by atoms with Crippen molar-refractivity contribution in [1.29, 1.82) is 0 Å². The quantitative estimate of drug-likeness (QED) is 0.765. The van der Waals surface area contributed by atoms with Gasteiger partial charge in [-0.15, -0.1) is 0 Å². The first-order valence-corrected chi connectivity index (χ1v) is 6.49. The molecule has 4 heteroatoms. The number of fused-ring (bicyclic) bond motifs is 1. The lowest BCUT2D eigenvalue weighted by Gasteiger charge is -2.03. The van der Waals surface area contributed by atoms with Gasteiger partial charge in [-0.1, -0.05) is 24.3 Å². The molecule has 1 amide bonds. The molecule has 0 fully saturated rings. The van der Waals surface area contributed by atoms with Crippen LogP contribution in [0.1, 0.15) is 21.6 Å². The van der Waals surface area contributed by atoms with E-state index in [4.69, 9.17) is 0 Å². The molecule has 0 radical (unpaired) electrons. The van der Waals surface area contributed by atoms with Gasteiger partial charge in [-0.3, -0.25) is 9.78 Å². The molecule has 1 aromatic carbocycles. The Balaban J connectivity index is 1.77. The first kappa shape index (κ1) is 12.4. The van der Waals surface area contributed by atoms with Crippen LogP contribution in [0.4, 0.5) is 0 Å². The number of carbonyl (C=O) groups excluding carboxylic acids is 1. The molecule has 100 valence electrons. The summed E-state index contributed by atoms with van der Waals surface area (Å²) >= 11 is 0. The average molecular weight is 265 g/mol.